The lowest BCUT2D eigenvalue weighted by atomic mass is 10.0. The average Bonchev–Trinajstić information content (AvgIpc) is 3.22. The first kappa shape index (κ1) is 56.6. The number of esters is 2. The standard InChI is InChI=1S/C53H102O5/c1-4-7-10-13-16-19-22-24-26-28-30-33-36-39-42-45-48-56-49-51(58-53(55)47-44-41-38-35-31-21-18-15-12-9-6-3)50-57-52(54)46-43-40-37-34-32-29-27-25-23-20-17-14-11-8-5-2/h20,23,51H,4-19,21-22,24-50H2,1-3H3/b23-20-/t51-/m1/s1. The summed E-state index contributed by atoms with van der Waals surface area (Å²) >= 11 is 0. The second kappa shape index (κ2) is 50.0. The van der Waals surface area contributed by atoms with E-state index in [4.69, 9.17) is 14.2 Å². The first-order valence-electron chi connectivity index (χ1n) is 26.2. The van der Waals surface area contributed by atoms with Crippen LogP contribution in [0, 0.1) is 0 Å². The summed E-state index contributed by atoms with van der Waals surface area (Å²) in [7, 11) is 0. The summed E-state index contributed by atoms with van der Waals surface area (Å²) < 4.78 is 17.4. The monoisotopic (exact) mass is 819 g/mol. The zero-order chi connectivity index (χ0) is 42.1. The first-order valence-corrected chi connectivity index (χ1v) is 26.2. The Morgan fingerprint density at radius 3 is 1.07 bits per heavy atom. The van der Waals surface area contributed by atoms with Crippen LogP contribution in [0.4, 0.5) is 0 Å². The summed E-state index contributed by atoms with van der Waals surface area (Å²) in [5.74, 6) is -0.382. The summed E-state index contributed by atoms with van der Waals surface area (Å²) in [6.07, 6.45) is 56.4. The second-order valence-electron chi connectivity index (χ2n) is 17.8. The minimum atomic E-state index is -0.527. The normalized spacial score (nSPS) is 12.1. The highest BCUT2D eigenvalue weighted by molar-refractivity contribution is 5.70. The van der Waals surface area contributed by atoms with Crippen molar-refractivity contribution in [3.8, 4) is 0 Å². The fraction of sp³-hybridized carbons (Fsp3) is 0.925. The molecule has 0 saturated heterocycles. The van der Waals surface area contributed by atoms with Gasteiger partial charge in [-0.3, -0.25) is 9.59 Å². The van der Waals surface area contributed by atoms with E-state index in [1.807, 2.05) is 0 Å². The van der Waals surface area contributed by atoms with Crippen LogP contribution in [0.15, 0.2) is 12.2 Å². The molecule has 1 atom stereocenters. The molecule has 0 N–H and O–H groups in total. The van der Waals surface area contributed by atoms with Crippen molar-refractivity contribution in [3.05, 3.63) is 12.2 Å². The molecule has 0 amide bonds. The van der Waals surface area contributed by atoms with E-state index in [-0.39, 0.29) is 18.5 Å². The van der Waals surface area contributed by atoms with Crippen LogP contribution in [0.25, 0.3) is 0 Å². The van der Waals surface area contributed by atoms with Crippen LogP contribution >= 0.6 is 0 Å². The van der Waals surface area contributed by atoms with Gasteiger partial charge in [-0.25, -0.2) is 0 Å². The molecule has 0 fully saturated rings. The average molecular weight is 819 g/mol. The molecule has 0 saturated carbocycles. The Labute approximate surface area is 363 Å². The molecule has 0 aliphatic carbocycles. The molecule has 0 aromatic rings. The SMILES string of the molecule is CCCCCC/C=C\CCCCCCCCCC(=O)OC[C@@H](COCCCCCCCCCCCCCCCCCC)OC(=O)CCCCCCCCCCCCC. The molecule has 0 bridgehead atoms. The van der Waals surface area contributed by atoms with Crippen molar-refractivity contribution < 1.29 is 23.8 Å². The minimum Gasteiger partial charge on any atom is -0.462 e. The lowest BCUT2D eigenvalue weighted by Crippen LogP contribution is -2.30. The maximum Gasteiger partial charge on any atom is 0.306 e. The van der Waals surface area contributed by atoms with Gasteiger partial charge in [0, 0.05) is 19.4 Å². The number of hydrogen-bond acceptors (Lipinski definition) is 5. The Kier molecular flexibility index (Phi) is 48.8. The summed E-state index contributed by atoms with van der Waals surface area (Å²) in [6, 6.07) is 0. The largest absolute Gasteiger partial charge is 0.462 e. The van der Waals surface area contributed by atoms with Crippen molar-refractivity contribution in [3.63, 3.8) is 0 Å². The molecule has 0 spiro atoms. The van der Waals surface area contributed by atoms with Gasteiger partial charge in [0.1, 0.15) is 6.61 Å². The zero-order valence-electron chi connectivity index (χ0n) is 39.6. The number of rotatable bonds is 49. The highest BCUT2D eigenvalue weighted by atomic mass is 16.6. The topological polar surface area (TPSA) is 61.8 Å². The fourth-order valence-electron chi connectivity index (χ4n) is 7.86. The van der Waals surface area contributed by atoms with Crippen LogP contribution < -0.4 is 0 Å². The summed E-state index contributed by atoms with van der Waals surface area (Å²) in [5, 5.41) is 0. The number of unbranched alkanes of at least 4 members (excludes halogenated alkanes) is 36. The predicted octanol–water partition coefficient (Wildman–Crippen LogP) is 17.5. The van der Waals surface area contributed by atoms with Crippen molar-refractivity contribution >= 4 is 11.9 Å². The van der Waals surface area contributed by atoms with E-state index in [0.29, 0.717) is 26.1 Å². The van der Waals surface area contributed by atoms with Crippen LogP contribution in [0.5, 0.6) is 0 Å². The van der Waals surface area contributed by atoms with Crippen molar-refractivity contribution in [2.75, 3.05) is 19.8 Å². The third-order valence-electron chi connectivity index (χ3n) is 11.8. The second-order valence-corrected chi connectivity index (χ2v) is 17.8. The van der Waals surface area contributed by atoms with Crippen LogP contribution in [0.1, 0.15) is 290 Å². The number of ether oxygens (including phenoxy) is 3. The molecular weight excluding hydrogens is 717 g/mol. The Hall–Kier alpha value is -1.36. The summed E-state index contributed by atoms with van der Waals surface area (Å²) in [5.41, 5.74) is 0. The van der Waals surface area contributed by atoms with Gasteiger partial charge in [0.05, 0.1) is 6.61 Å². The van der Waals surface area contributed by atoms with Crippen LogP contribution in [-0.4, -0.2) is 37.9 Å². The maximum absolute atomic E-state index is 12.8. The Morgan fingerprint density at radius 1 is 0.362 bits per heavy atom. The van der Waals surface area contributed by atoms with E-state index in [1.165, 1.54) is 225 Å². The Bertz CT molecular complexity index is 840. The molecule has 344 valence electrons. The molecule has 0 rings (SSSR count). The van der Waals surface area contributed by atoms with Gasteiger partial charge < -0.3 is 14.2 Å². The Balaban J connectivity index is 4.18. The van der Waals surface area contributed by atoms with Gasteiger partial charge in [-0.1, -0.05) is 245 Å². The molecule has 0 aliphatic heterocycles. The number of carbonyl (C=O) groups is 2. The summed E-state index contributed by atoms with van der Waals surface area (Å²) in [4.78, 5) is 25.3. The number of hydrogen-bond donors (Lipinski definition) is 0. The fourth-order valence-corrected chi connectivity index (χ4v) is 7.86. The van der Waals surface area contributed by atoms with E-state index < -0.39 is 6.10 Å². The van der Waals surface area contributed by atoms with Gasteiger partial charge in [0.25, 0.3) is 0 Å². The molecule has 0 heterocycles. The van der Waals surface area contributed by atoms with Crippen molar-refractivity contribution in [1.82, 2.24) is 0 Å². The van der Waals surface area contributed by atoms with Crippen LogP contribution in [0.3, 0.4) is 0 Å². The van der Waals surface area contributed by atoms with Crippen LogP contribution in [-0.2, 0) is 23.8 Å². The minimum absolute atomic E-state index is 0.0922. The molecule has 58 heavy (non-hydrogen) atoms. The van der Waals surface area contributed by atoms with Crippen molar-refractivity contribution in [2.24, 2.45) is 0 Å². The molecule has 0 radical (unpaired) electrons. The van der Waals surface area contributed by atoms with E-state index in [1.54, 1.807) is 0 Å². The van der Waals surface area contributed by atoms with E-state index in [0.717, 1.165) is 32.1 Å². The third kappa shape index (κ3) is 47.3. The van der Waals surface area contributed by atoms with Crippen molar-refractivity contribution in [2.45, 2.75) is 297 Å². The lowest BCUT2D eigenvalue weighted by Gasteiger charge is -2.18. The van der Waals surface area contributed by atoms with Gasteiger partial charge >= 0.3 is 11.9 Å². The molecular formula is C53H102O5. The van der Waals surface area contributed by atoms with Crippen LogP contribution in [0.2, 0.25) is 0 Å². The smallest absolute Gasteiger partial charge is 0.306 e. The molecule has 5 nitrogen and oxygen atoms in total. The van der Waals surface area contributed by atoms with Gasteiger partial charge in [0.15, 0.2) is 6.10 Å². The summed E-state index contributed by atoms with van der Waals surface area (Å²) in [6.45, 7) is 7.87. The van der Waals surface area contributed by atoms with Gasteiger partial charge in [-0.15, -0.1) is 0 Å². The zero-order valence-corrected chi connectivity index (χ0v) is 39.6. The molecule has 0 unspecified atom stereocenters. The predicted molar refractivity (Wildman–Crippen MR) is 252 cm³/mol. The maximum atomic E-state index is 12.8. The molecule has 0 aromatic heterocycles. The molecule has 5 heteroatoms. The van der Waals surface area contributed by atoms with E-state index in [9.17, 15) is 9.59 Å². The van der Waals surface area contributed by atoms with E-state index in [2.05, 4.69) is 32.9 Å². The van der Waals surface area contributed by atoms with E-state index >= 15 is 0 Å². The van der Waals surface area contributed by atoms with Gasteiger partial charge in [0.2, 0.25) is 0 Å². The quantitative estimate of drug-likeness (QED) is 0.0348. The van der Waals surface area contributed by atoms with Crippen molar-refractivity contribution in [1.29, 1.82) is 0 Å². The highest BCUT2D eigenvalue weighted by Gasteiger charge is 2.17. The number of allylic oxidation sites excluding steroid dienone is 2. The molecule has 0 aliphatic rings. The van der Waals surface area contributed by atoms with Gasteiger partial charge in [-0.2, -0.15) is 0 Å². The third-order valence-corrected chi connectivity index (χ3v) is 11.8. The number of carbonyl (C=O) groups excluding carboxylic acids is 2. The first-order chi connectivity index (χ1) is 28.6. The lowest BCUT2D eigenvalue weighted by molar-refractivity contribution is -0.163. The molecule has 0 aromatic carbocycles. The Morgan fingerprint density at radius 2 is 0.672 bits per heavy atom. The highest BCUT2D eigenvalue weighted by Crippen LogP contribution is 2.16. The van der Waals surface area contributed by atoms with Gasteiger partial charge in [-0.05, 0) is 44.9 Å².